The van der Waals surface area contributed by atoms with Crippen LogP contribution in [0.1, 0.15) is 0 Å². The molecule has 0 amide bonds. The largest absolute Gasteiger partial charge is 0.447 e. The summed E-state index contributed by atoms with van der Waals surface area (Å²) < 4.78 is 44.8. The van der Waals surface area contributed by atoms with Gasteiger partial charge in [0.1, 0.15) is 5.82 Å². The van der Waals surface area contributed by atoms with Crippen LogP contribution in [0.3, 0.4) is 0 Å². The normalized spacial score (nSPS) is 10.4. The molecule has 2 aromatic rings. The summed E-state index contributed by atoms with van der Waals surface area (Å²) in [6.45, 7) is 0. The lowest BCUT2D eigenvalue weighted by Gasteiger charge is -2.08. The van der Waals surface area contributed by atoms with Gasteiger partial charge in [0.15, 0.2) is 11.6 Å². The number of hydrogen-bond acceptors (Lipinski definition) is 3. The molecular weight excluding hydrogens is 343 g/mol. The molecule has 0 spiro atoms. The monoisotopic (exact) mass is 347 g/mol. The molecule has 0 atom stereocenters. The smallest absolute Gasteiger partial charge is 0.346 e. The van der Waals surface area contributed by atoms with Crippen LogP contribution >= 0.6 is 15.9 Å². The molecule has 8 heteroatoms. The minimum Gasteiger partial charge on any atom is -0.447 e. The topological polar surface area (TPSA) is 52.4 Å². The third kappa shape index (κ3) is 2.90. The Morgan fingerprint density at radius 2 is 1.75 bits per heavy atom. The van der Waals surface area contributed by atoms with Crippen LogP contribution in [0.2, 0.25) is 0 Å². The van der Waals surface area contributed by atoms with Gasteiger partial charge >= 0.3 is 5.69 Å². The molecule has 0 fully saturated rings. The van der Waals surface area contributed by atoms with Gasteiger partial charge in [-0.15, -0.1) is 0 Å². The van der Waals surface area contributed by atoms with Crippen molar-refractivity contribution in [2.24, 2.45) is 0 Å². The molecule has 4 nitrogen and oxygen atoms in total. The highest BCUT2D eigenvalue weighted by atomic mass is 79.9. The second kappa shape index (κ2) is 5.49. The molecule has 0 aromatic heterocycles. The Morgan fingerprint density at radius 1 is 1.05 bits per heavy atom. The summed E-state index contributed by atoms with van der Waals surface area (Å²) in [5.74, 6) is -3.97. The molecule has 0 radical (unpaired) electrons. The summed E-state index contributed by atoms with van der Waals surface area (Å²) in [5, 5.41) is 10.8. The summed E-state index contributed by atoms with van der Waals surface area (Å²) in [6, 6.07) is 4.41. The first-order chi connectivity index (χ1) is 9.38. The molecule has 0 heterocycles. The highest BCUT2D eigenvalue weighted by Gasteiger charge is 2.24. The molecule has 0 aliphatic carbocycles. The van der Waals surface area contributed by atoms with E-state index in [0.29, 0.717) is 6.07 Å². The number of nitro groups is 1. The second-order valence-corrected chi connectivity index (χ2v) is 4.58. The van der Waals surface area contributed by atoms with Gasteiger partial charge in [-0.3, -0.25) is 10.1 Å². The first kappa shape index (κ1) is 14.3. The van der Waals surface area contributed by atoms with Crippen molar-refractivity contribution in [1.29, 1.82) is 0 Å². The van der Waals surface area contributed by atoms with E-state index < -0.39 is 39.6 Å². The lowest BCUT2D eigenvalue weighted by molar-refractivity contribution is -0.388. The summed E-state index contributed by atoms with van der Waals surface area (Å²) in [6.07, 6.45) is 0. The van der Waals surface area contributed by atoms with Crippen LogP contribution in [0.5, 0.6) is 11.5 Å². The van der Waals surface area contributed by atoms with E-state index in [4.69, 9.17) is 4.74 Å². The van der Waals surface area contributed by atoms with Gasteiger partial charge in [0.2, 0.25) is 11.6 Å². The van der Waals surface area contributed by atoms with Crippen LogP contribution < -0.4 is 4.74 Å². The number of rotatable bonds is 3. The Labute approximate surface area is 119 Å². The molecule has 0 aliphatic heterocycles. The maximum Gasteiger partial charge on any atom is 0.346 e. The van der Waals surface area contributed by atoms with Crippen molar-refractivity contribution in [2.75, 3.05) is 0 Å². The van der Waals surface area contributed by atoms with Crippen molar-refractivity contribution >= 4 is 21.6 Å². The van der Waals surface area contributed by atoms with Gasteiger partial charge in [-0.25, -0.2) is 8.78 Å². The van der Waals surface area contributed by atoms with Crippen LogP contribution in [-0.2, 0) is 0 Å². The summed E-state index contributed by atoms with van der Waals surface area (Å²) >= 11 is 2.94. The third-order valence-corrected chi connectivity index (χ3v) is 2.75. The molecule has 0 bridgehead atoms. The zero-order valence-electron chi connectivity index (χ0n) is 9.57. The third-order valence-electron chi connectivity index (χ3n) is 2.29. The van der Waals surface area contributed by atoms with Crippen LogP contribution in [-0.4, -0.2) is 4.92 Å². The van der Waals surface area contributed by atoms with Crippen molar-refractivity contribution in [3.05, 3.63) is 62.4 Å². The van der Waals surface area contributed by atoms with Crippen molar-refractivity contribution in [2.45, 2.75) is 0 Å². The minimum atomic E-state index is -1.14. The van der Waals surface area contributed by atoms with Crippen molar-refractivity contribution in [1.82, 2.24) is 0 Å². The Kier molecular flexibility index (Phi) is 3.93. The molecule has 104 valence electrons. The van der Waals surface area contributed by atoms with Gasteiger partial charge in [-0.1, -0.05) is 15.9 Å². The van der Waals surface area contributed by atoms with E-state index in [9.17, 15) is 23.3 Å². The average molecular weight is 348 g/mol. The maximum atomic E-state index is 13.5. The quantitative estimate of drug-likeness (QED) is 0.603. The summed E-state index contributed by atoms with van der Waals surface area (Å²) in [5.41, 5.74) is -0.933. The van der Waals surface area contributed by atoms with Gasteiger partial charge in [-0.2, -0.15) is 4.39 Å². The van der Waals surface area contributed by atoms with Gasteiger partial charge in [0.05, 0.1) is 4.92 Å². The van der Waals surface area contributed by atoms with E-state index in [1.165, 1.54) is 0 Å². The molecule has 0 saturated heterocycles. The number of benzene rings is 2. The fourth-order valence-electron chi connectivity index (χ4n) is 1.47. The SMILES string of the molecule is O=[N+]([O-])c1c(F)cc(Br)cc1Oc1ccc(F)cc1F. The minimum absolute atomic E-state index is 0.179. The van der Waals surface area contributed by atoms with Crippen LogP contribution in [0.25, 0.3) is 0 Å². The first-order valence-electron chi connectivity index (χ1n) is 5.15. The molecule has 2 aromatic carbocycles. The van der Waals surface area contributed by atoms with E-state index >= 15 is 0 Å². The average Bonchev–Trinajstić information content (AvgIpc) is 2.31. The molecule has 0 unspecified atom stereocenters. The Balaban J connectivity index is 2.50. The van der Waals surface area contributed by atoms with E-state index in [1.54, 1.807) is 0 Å². The molecule has 20 heavy (non-hydrogen) atoms. The van der Waals surface area contributed by atoms with Gasteiger partial charge in [0.25, 0.3) is 0 Å². The fourth-order valence-corrected chi connectivity index (χ4v) is 1.88. The number of hydrogen-bond donors (Lipinski definition) is 0. The zero-order chi connectivity index (χ0) is 14.9. The Bertz CT molecular complexity index is 694. The van der Waals surface area contributed by atoms with Crippen molar-refractivity contribution in [3.8, 4) is 11.5 Å². The van der Waals surface area contributed by atoms with Crippen LogP contribution in [0.15, 0.2) is 34.8 Å². The molecule has 0 N–H and O–H groups in total. The van der Waals surface area contributed by atoms with E-state index in [0.717, 1.165) is 24.3 Å². The molecular formula is C12H5BrF3NO3. The van der Waals surface area contributed by atoms with E-state index in [2.05, 4.69) is 15.9 Å². The highest BCUT2D eigenvalue weighted by molar-refractivity contribution is 9.10. The van der Waals surface area contributed by atoms with Gasteiger partial charge in [0, 0.05) is 16.6 Å². The summed E-state index contributed by atoms with van der Waals surface area (Å²) in [7, 11) is 0. The number of nitrogens with zero attached hydrogens (tertiary/aromatic N) is 1. The predicted octanol–water partition coefficient (Wildman–Crippen LogP) is 4.57. The zero-order valence-corrected chi connectivity index (χ0v) is 11.2. The molecule has 2 rings (SSSR count). The first-order valence-corrected chi connectivity index (χ1v) is 5.94. The number of ether oxygens (including phenoxy) is 1. The van der Waals surface area contributed by atoms with Crippen molar-refractivity contribution in [3.63, 3.8) is 0 Å². The predicted molar refractivity (Wildman–Crippen MR) is 67.2 cm³/mol. The van der Waals surface area contributed by atoms with E-state index in [-0.39, 0.29) is 4.47 Å². The second-order valence-electron chi connectivity index (χ2n) is 3.67. The number of nitro benzene ring substituents is 1. The lowest BCUT2D eigenvalue weighted by Crippen LogP contribution is -1.98. The van der Waals surface area contributed by atoms with Gasteiger partial charge < -0.3 is 4.74 Å². The van der Waals surface area contributed by atoms with Gasteiger partial charge in [-0.05, 0) is 18.2 Å². The summed E-state index contributed by atoms with van der Waals surface area (Å²) in [4.78, 5) is 9.81. The number of halogens is 4. The highest BCUT2D eigenvalue weighted by Crippen LogP contribution is 2.37. The van der Waals surface area contributed by atoms with Crippen LogP contribution in [0.4, 0.5) is 18.9 Å². The van der Waals surface area contributed by atoms with Crippen LogP contribution in [0, 0.1) is 27.6 Å². The maximum absolute atomic E-state index is 13.5. The van der Waals surface area contributed by atoms with Crippen molar-refractivity contribution < 1.29 is 22.8 Å². The molecule has 0 aliphatic rings. The molecule has 0 saturated carbocycles. The fraction of sp³-hybridized carbons (Fsp3) is 0. The standard InChI is InChI=1S/C12H5BrF3NO3/c13-6-3-9(16)12(17(18)19)11(4-6)20-10-2-1-7(14)5-8(10)15/h1-5H. The Morgan fingerprint density at radius 3 is 2.35 bits per heavy atom. The Hall–Kier alpha value is -2.09. The van der Waals surface area contributed by atoms with E-state index in [1.807, 2.05) is 0 Å². The lowest BCUT2D eigenvalue weighted by atomic mass is 10.2.